The Morgan fingerprint density at radius 3 is 2.86 bits per heavy atom. The largest absolute Gasteiger partial charge is 0.261 e. The monoisotopic (exact) mass is 414 g/mol. The first kappa shape index (κ1) is 18.1. The fraction of sp³-hybridized carbons (Fsp3) is 0.500. The van der Waals surface area contributed by atoms with E-state index in [4.69, 9.17) is 16.6 Å². The van der Waals surface area contributed by atoms with Crippen molar-refractivity contribution in [3.8, 4) is 0 Å². The Balaban J connectivity index is 1.61. The molecule has 6 nitrogen and oxygen atoms in total. The predicted molar refractivity (Wildman–Crippen MR) is 112 cm³/mol. The zero-order valence-corrected chi connectivity index (χ0v) is 18.0. The van der Waals surface area contributed by atoms with Gasteiger partial charge in [0.1, 0.15) is 17.2 Å². The standard InChI is InChI=1S/C20H23ClN6S/c1-11(26-9-13(21)8-23-26)17-24-18-16-14-6-5-12(20(2,3)4)7-15(14)28-19(16)22-10-27(18)25-17/h8-12H,5-7H2,1-4H3. The van der Waals surface area contributed by atoms with Crippen molar-refractivity contribution in [2.45, 2.75) is 53.0 Å². The Labute approximate surface area is 172 Å². The summed E-state index contributed by atoms with van der Waals surface area (Å²) in [5.41, 5.74) is 2.66. The minimum absolute atomic E-state index is 0.0952. The zero-order chi connectivity index (χ0) is 19.6. The SMILES string of the molecule is CC(c1nc2c3c4c(sc3ncn2n1)CC(C(C)(C)C)CC4)n1cc(Cl)cn1. The highest BCUT2D eigenvalue weighted by Gasteiger charge is 2.32. The summed E-state index contributed by atoms with van der Waals surface area (Å²) in [6.45, 7) is 9.07. The first-order chi connectivity index (χ1) is 13.3. The molecule has 8 heteroatoms. The molecule has 5 rings (SSSR count). The molecule has 1 aliphatic carbocycles. The predicted octanol–water partition coefficient (Wildman–Crippen LogP) is 4.95. The van der Waals surface area contributed by atoms with Gasteiger partial charge >= 0.3 is 0 Å². The van der Waals surface area contributed by atoms with Crippen LogP contribution in [0, 0.1) is 11.3 Å². The van der Waals surface area contributed by atoms with Crippen molar-refractivity contribution in [3.63, 3.8) is 0 Å². The first-order valence-electron chi connectivity index (χ1n) is 9.66. The Morgan fingerprint density at radius 2 is 2.14 bits per heavy atom. The van der Waals surface area contributed by atoms with Gasteiger partial charge < -0.3 is 0 Å². The van der Waals surface area contributed by atoms with Crippen molar-refractivity contribution >= 4 is 38.8 Å². The molecule has 0 bridgehead atoms. The molecule has 146 valence electrons. The fourth-order valence-corrected chi connectivity index (χ4v) is 5.56. The number of rotatable bonds is 2. The number of thiophene rings is 1. The van der Waals surface area contributed by atoms with Crippen LogP contribution in [0.4, 0.5) is 0 Å². The third-order valence-electron chi connectivity index (χ3n) is 5.97. The third kappa shape index (κ3) is 2.83. The second kappa shape index (κ2) is 6.26. The van der Waals surface area contributed by atoms with Crippen molar-refractivity contribution in [1.29, 1.82) is 0 Å². The minimum atomic E-state index is -0.0952. The molecule has 0 amide bonds. The molecule has 0 saturated heterocycles. The lowest BCUT2D eigenvalue weighted by Crippen LogP contribution is -2.26. The van der Waals surface area contributed by atoms with Gasteiger partial charge in [0.2, 0.25) is 0 Å². The van der Waals surface area contributed by atoms with E-state index in [0.717, 1.165) is 29.1 Å². The zero-order valence-electron chi connectivity index (χ0n) is 16.5. The average molecular weight is 415 g/mol. The van der Waals surface area contributed by atoms with Crippen LogP contribution in [0.3, 0.4) is 0 Å². The molecule has 0 fully saturated rings. The summed E-state index contributed by atoms with van der Waals surface area (Å²) in [6.07, 6.45) is 8.65. The molecular formula is C20H23ClN6S. The van der Waals surface area contributed by atoms with E-state index in [1.54, 1.807) is 23.4 Å². The van der Waals surface area contributed by atoms with E-state index in [-0.39, 0.29) is 6.04 Å². The lowest BCUT2D eigenvalue weighted by Gasteiger charge is -2.33. The normalized spacial score (nSPS) is 18.7. The number of nitrogens with zero attached hydrogens (tertiary/aromatic N) is 6. The number of aromatic nitrogens is 6. The number of halogens is 1. The molecule has 28 heavy (non-hydrogen) atoms. The molecule has 0 spiro atoms. The fourth-order valence-electron chi connectivity index (χ4n) is 4.15. The van der Waals surface area contributed by atoms with E-state index in [9.17, 15) is 0 Å². The van der Waals surface area contributed by atoms with Gasteiger partial charge in [-0.05, 0) is 43.1 Å². The van der Waals surface area contributed by atoms with Crippen LogP contribution in [-0.2, 0) is 12.8 Å². The molecule has 2 atom stereocenters. The maximum Gasteiger partial charge on any atom is 0.176 e. The van der Waals surface area contributed by atoms with Crippen LogP contribution in [0.15, 0.2) is 18.7 Å². The molecule has 1 aliphatic rings. The van der Waals surface area contributed by atoms with Gasteiger partial charge in [-0.1, -0.05) is 32.4 Å². The highest BCUT2D eigenvalue weighted by molar-refractivity contribution is 7.19. The van der Waals surface area contributed by atoms with Gasteiger partial charge in [0, 0.05) is 11.1 Å². The van der Waals surface area contributed by atoms with Gasteiger partial charge in [-0.25, -0.2) is 14.5 Å². The maximum absolute atomic E-state index is 6.02. The first-order valence-corrected chi connectivity index (χ1v) is 10.9. The smallest absolute Gasteiger partial charge is 0.176 e. The van der Waals surface area contributed by atoms with Gasteiger partial charge in [-0.15, -0.1) is 16.4 Å². The Morgan fingerprint density at radius 1 is 1.32 bits per heavy atom. The lowest BCUT2D eigenvalue weighted by atomic mass is 9.72. The Kier molecular flexibility index (Phi) is 4.04. The Bertz CT molecular complexity index is 1180. The molecular weight excluding hydrogens is 392 g/mol. The van der Waals surface area contributed by atoms with Crippen LogP contribution in [0.1, 0.15) is 56.4 Å². The van der Waals surface area contributed by atoms with E-state index < -0.39 is 0 Å². The summed E-state index contributed by atoms with van der Waals surface area (Å²) in [5.74, 6) is 1.43. The van der Waals surface area contributed by atoms with Crippen molar-refractivity contribution < 1.29 is 0 Å². The number of aryl methyl sites for hydroxylation is 1. The average Bonchev–Trinajstić information content (AvgIpc) is 3.34. The second-order valence-electron chi connectivity index (χ2n) is 8.79. The summed E-state index contributed by atoms with van der Waals surface area (Å²) >= 11 is 7.84. The number of hydrogen-bond donors (Lipinski definition) is 0. The summed E-state index contributed by atoms with van der Waals surface area (Å²) in [5, 5.41) is 10.8. The highest BCUT2D eigenvalue weighted by atomic mass is 35.5. The van der Waals surface area contributed by atoms with Crippen LogP contribution in [0.5, 0.6) is 0 Å². The summed E-state index contributed by atoms with van der Waals surface area (Å²) in [4.78, 5) is 12.1. The molecule has 4 aromatic rings. The van der Waals surface area contributed by atoms with Gasteiger partial charge in [-0.2, -0.15) is 5.10 Å². The Hall–Kier alpha value is -1.99. The van der Waals surface area contributed by atoms with Gasteiger partial charge in [0.25, 0.3) is 0 Å². The summed E-state index contributed by atoms with van der Waals surface area (Å²) in [7, 11) is 0. The van der Waals surface area contributed by atoms with Crippen molar-refractivity contribution in [3.05, 3.63) is 40.0 Å². The molecule has 2 unspecified atom stereocenters. The molecule has 0 radical (unpaired) electrons. The van der Waals surface area contributed by atoms with Crippen LogP contribution < -0.4 is 0 Å². The van der Waals surface area contributed by atoms with Crippen LogP contribution in [-0.4, -0.2) is 29.4 Å². The molecule has 4 heterocycles. The second-order valence-corrected chi connectivity index (χ2v) is 10.3. The minimum Gasteiger partial charge on any atom is -0.261 e. The quantitative estimate of drug-likeness (QED) is 0.465. The lowest BCUT2D eigenvalue weighted by molar-refractivity contribution is 0.218. The molecule has 0 N–H and O–H groups in total. The van der Waals surface area contributed by atoms with Gasteiger partial charge in [0.05, 0.1) is 16.6 Å². The van der Waals surface area contributed by atoms with E-state index in [0.29, 0.717) is 16.4 Å². The molecule has 0 aromatic carbocycles. The van der Waals surface area contributed by atoms with E-state index in [1.807, 2.05) is 22.8 Å². The highest BCUT2D eigenvalue weighted by Crippen LogP contribution is 2.43. The van der Waals surface area contributed by atoms with Gasteiger partial charge in [0.15, 0.2) is 11.5 Å². The van der Waals surface area contributed by atoms with Crippen LogP contribution in [0.2, 0.25) is 5.02 Å². The van der Waals surface area contributed by atoms with E-state index in [2.05, 4.69) is 36.0 Å². The van der Waals surface area contributed by atoms with Crippen molar-refractivity contribution in [2.24, 2.45) is 11.3 Å². The van der Waals surface area contributed by atoms with E-state index >= 15 is 0 Å². The van der Waals surface area contributed by atoms with Gasteiger partial charge in [-0.3, -0.25) is 4.68 Å². The molecule has 0 aliphatic heterocycles. The van der Waals surface area contributed by atoms with E-state index in [1.165, 1.54) is 22.2 Å². The van der Waals surface area contributed by atoms with Crippen LogP contribution >= 0.6 is 22.9 Å². The molecule has 0 saturated carbocycles. The summed E-state index contributed by atoms with van der Waals surface area (Å²) in [6, 6.07) is -0.0952. The van der Waals surface area contributed by atoms with Crippen molar-refractivity contribution in [1.82, 2.24) is 29.4 Å². The third-order valence-corrected chi connectivity index (χ3v) is 7.33. The summed E-state index contributed by atoms with van der Waals surface area (Å²) < 4.78 is 3.60. The van der Waals surface area contributed by atoms with Crippen LogP contribution in [0.25, 0.3) is 15.9 Å². The van der Waals surface area contributed by atoms with Crippen molar-refractivity contribution in [2.75, 3.05) is 0 Å². The number of hydrogen-bond acceptors (Lipinski definition) is 5. The maximum atomic E-state index is 6.02. The molecule has 4 aromatic heterocycles. The number of fused-ring (bicyclic) bond motifs is 5. The topological polar surface area (TPSA) is 60.9 Å².